The van der Waals surface area contributed by atoms with Crippen molar-refractivity contribution in [2.24, 2.45) is 12.0 Å². The molecule has 0 bridgehead atoms. The molecule has 2 aromatic rings. The van der Waals surface area contributed by atoms with E-state index >= 15 is 0 Å². The highest BCUT2D eigenvalue weighted by molar-refractivity contribution is 14.0. The molecule has 2 aliphatic rings. The maximum Gasteiger partial charge on any atom is 0.194 e. The average Bonchev–Trinajstić information content (AvgIpc) is 3.22. The van der Waals surface area contributed by atoms with Crippen molar-refractivity contribution in [3.8, 4) is 0 Å². The first-order valence-electron chi connectivity index (χ1n) is 9.16. The van der Waals surface area contributed by atoms with Gasteiger partial charge in [-0.15, -0.1) is 34.2 Å². The summed E-state index contributed by atoms with van der Waals surface area (Å²) in [6, 6.07) is 11.4. The van der Waals surface area contributed by atoms with Gasteiger partial charge in [0, 0.05) is 32.1 Å². The van der Waals surface area contributed by atoms with Crippen LogP contribution in [0.25, 0.3) is 0 Å². The van der Waals surface area contributed by atoms with Crippen LogP contribution >= 0.6 is 24.0 Å². The topological polar surface area (TPSA) is 58.3 Å². The number of aliphatic imine (C=N–C) groups is 1. The van der Waals surface area contributed by atoms with E-state index in [4.69, 9.17) is 4.99 Å². The monoisotopic (exact) mass is 466 g/mol. The number of nitrogens with one attached hydrogen (secondary N) is 1. The van der Waals surface area contributed by atoms with Crippen molar-refractivity contribution < 1.29 is 0 Å². The number of benzene rings is 1. The molecule has 6 nitrogen and oxygen atoms in total. The normalized spacial score (nSPS) is 20.2. The molecule has 2 fully saturated rings. The molecule has 0 radical (unpaired) electrons. The lowest BCUT2D eigenvalue weighted by atomic mass is 9.99. The summed E-state index contributed by atoms with van der Waals surface area (Å²) in [5, 5.41) is 12.0. The summed E-state index contributed by atoms with van der Waals surface area (Å²) in [4.78, 5) is 7.27. The standard InChI is InChI=1S/C19H26N6.HI/c1-14-22-23-18(24(14)2)12-20-19(21-17-8-9-17)25-11-10-16(13-25)15-6-4-3-5-7-15;/h3-7,16-17H,8-13H2,1-2H3,(H,20,21);1H. The summed E-state index contributed by atoms with van der Waals surface area (Å²) in [7, 11) is 2.00. The fourth-order valence-electron chi connectivity index (χ4n) is 3.33. The summed E-state index contributed by atoms with van der Waals surface area (Å²) in [6.07, 6.45) is 3.68. The number of likely N-dealkylation sites (tertiary alicyclic amines) is 1. The molecule has 4 rings (SSSR count). The van der Waals surface area contributed by atoms with Crippen LogP contribution in [-0.2, 0) is 13.6 Å². The maximum atomic E-state index is 4.87. The third-order valence-electron chi connectivity index (χ3n) is 5.22. The van der Waals surface area contributed by atoms with Crippen LogP contribution in [0.2, 0.25) is 0 Å². The molecule has 1 aromatic carbocycles. The molecule has 2 heterocycles. The maximum absolute atomic E-state index is 4.87. The highest BCUT2D eigenvalue weighted by Crippen LogP contribution is 2.28. The van der Waals surface area contributed by atoms with Gasteiger partial charge in [0.25, 0.3) is 0 Å². The van der Waals surface area contributed by atoms with E-state index in [2.05, 4.69) is 50.7 Å². The van der Waals surface area contributed by atoms with Gasteiger partial charge in [0.15, 0.2) is 11.8 Å². The summed E-state index contributed by atoms with van der Waals surface area (Å²) in [5.41, 5.74) is 1.43. The van der Waals surface area contributed by atoms with E-state index < -0.39 is 0 Å². The summed E-state index contributed by atoms with van der Waals surface area (Å²) < 4.78 is 2.01. The largest absolute Gasteiger partial charge is 0.353 e. The van der Waals surface area contributed by atoms with Gasteiger partial charge in [0.1, 0.15) is 12.4 Å². The number of hydrogen-bond donors (Lipinski definition) is 1. The van der Waals surface area contributed by atoms with Gasteiger partial charge in [-0.3, -0.25) is 0 Å². The number of guanidine groups is 1. The van der Waals surface area contributed by atoms with Gasteiger partial charge in [-0.2, -0.15) is 0 Å². The Labute approximate surface area is 172 Å². The van der Waals surface area contributed by atoms with Gasteiger partial charge in [0.05, 0.1) is 0 Å². The Morgan fingerprint density at radius 3 is 2.62 bits per heavy atom. The molecule has 1 N–H and O–H groups in total. The second-order valence-electron chi connectivity index (χ2n) is 7.12. The number of aryl methyl sites for hydroxylation is 1. The van der Waals surface area contributed by atoms with Crippen LogP contribution in [0.4, 0.5) is 0 Å². The molecule has 1 saturated heterocycles. The van der Waals surface area contributed by atoms with Gasteiger partial charge in [-0.1, -0.05) is 30.3 Å². The van der Waals surface area contributed by atoms with E-state index in [1.165, 1.54) is 24.8 Å². The van der Waals surface area contributed by atoms with Crippen molar-refractivity contribution in [2.75, 3.05) is 13.1 Å². The van der Waals surface area contributed by atoms with E-state index in [1.807, 2.05) is 18.5 Å². The first-order valence-corrected chi connectivity index (χ1v) is 9.16. The van der Waals surface area contributed by atoms with Crippen molar-refractivity contribution in [3.63, 3.8) is 0 Å². The molecule has 1 atom stereocenters. The van der Waals surface area contributed by atoms with E-state index in [9.17, 15) is 0 Å². The van der Waals surface area contributed by atoms with Crippen molar-refractivity contribution >= 4 is 29.9 Å². The molecule has 0 amide bonds. The molecule has 7 heteroatoms. The summed E-state index contributed by atoms with van der Waals surface area (Å²) >= 11 is 0. The minimum atomic E-state index is 0. The zero-order chi connectivity index (χ0) is 17.2. The molecule has 140 valence electrons. The molecule has 1 aromatic heterocycles. The van der Waals surface area contributed by atoms with Crippen LogP contribution < -0.4 is 5.32 Å². The minimum absolute atomic E-state index is 0. The number of rotatable bonds is 4. The van der Waals surface area contributed by atoms with Gasteiger partial charge < -0.3 is 14.8 Å². The van der Waals surface area contributed by atoms with E-state index in [0.717, 1.165) is 30.7 Å². The van der Waals surface area contributed by atoms with Crippen molar-refractivity contribution in [1.29, 1.82) is 0 Å². The van der Waals surface area contributed by atoms with Gasteiger partial charge in [0.2, 0.25) is 0 Å². The quantitative estimate of drug-likeness (QED) is 0.428. The number of hydrogen-bond acceptors (Lipinski definition) is 3. The predicted molar refractivity (Wildman–Crippen MR) is 114 cm³/mol. The van der Waals surface area contributed by atoms with Crippen LogP contribution in [0.5, 0.6) is 0 Å². The highest BCUT2D eigenvalue weighted by atomic mass is 127. The zero-order valence-corrected chi connectivity index (χ0v) is 17.8. The molecule has 1 aliphatic heterocycles. The molecule has 1 aliphatic carbocycles. The molecular weight excluding hydrogens is 439 g/mol. The molecule has 1 saturated carbocycles. The third-order valence-corrected chi connectivity index (χ3v) is 5.22. The highest BCUT2D eigenvalue weighted by Gasteiger charge is 2.30. The fraction of sp³-hybridized carbons (Fsp3) is 0.526. The first-order chi connectivity index (χ1) is 12.2. The lowest BCUT2D eigenvalue weighted by Gasteiger charge is -2.22. The van der Waals surface area contributed by atoms with Gasteiger partial charge in [-0.05, 0) is 31.7 Å². The molecule has 1 unspecified atom stereocenters. The van der Waals surface area contributed by atoms with Crippen LogP contribution in [0.1, 0.15) is 42.4 Å². The second-order valence-corrected chi connectivity index (χ2v) is 7.12. The van der Waals surface area contributed by atoms with Crippen molar-refractivity contribution in [1.82, 2.24) is 25.0 Å². The van der Waals surface area contributed by atoms with Crippen LogP contribution in [0.15, 0.2) is 35.3 Å². The van der Waals surface area contributed by atoms with Crippen molar-refractivity contribution in [2.45, 2.75) is 44.7 Å². The van der Waals surface area contributed by atoms with E-state index in [-0.39, 0.29) is 24.0 Å². The third kappa shape index (κ3) is 4.36. The summed E-state index contributed by atoms with van der Waals surface area (Å²) in [6.45, 7) is 4.61. The fourth-order valence-corrected chi connectivity index (χ4v) is 3.33. The number of nitrogens with zero attached hydrogens (tertiary/aromatic N) is 5. The smallest absolute Gasteiger partial charge is 0.194 e. The van der Waals surface area contributed by atoms with Crippen molar-refractivity contribution in [3.05, 3.63) is 47.5 Å². The number of aromatic nitrogens is 3. The van der Waals surface area contributed by atoms with Crippen LogP contribution in [-0.4, -0.2) is 44.8 Å². The first kappa shape index (κ1) is 19.1. The number of halogens is 1. The Hall–Kier alpha value is -1.64. The molecular formula is C19H27IN6. The SMILES string of the molecule is Cc1nnc(CN=C(NC2CC2)N2CCC(c3ccccc3)C2)n1C.I. The zero-order valence-electron chi connectivity index (χ0n) is 15.4. The minimum Gasteiger partial charge on any atom is -0.353 e. The van der Waals surface area contributed by atoms with Gasteiger partial charge >= 0.3 is 0 Å². The molecule has 26 heavy (non-hydrogen) atoms. The van der Waals surface area contributed by atoms with E-state index in [1.54, 1.807) is 0 Å². The van der Waals surface area contributed by atoms with Crippen LogP contribution in [0, 0.1) is 6.92 Å². The Bertz CT molecular complexity index is 753. The Morgan fingerprint density at radius 1 is 1.19 bits per heavy atom. The van der Waals surface area contributed by atoms with E-state index in [0.29, 0.717) is 18.5 Å². The Morgan fingerprint density at radius 2 is 1.96 bits per heavy atom. The second kappa shape index (κ2) is 8.37. The van der Waals surface area contributed by atoms with Gasteiger partial charge in [-0.25, -0.2) is 4.99 Å². The lowest BCUT2D eigenvalue weighted by Crippen LogP contribution is -2.41. The Kier molecular flexibility index (Phi) is 6.16. The summed E-state index contributed by atoms with van der Waals surface area (Å²) in [5.74, 6) is 3.45. The average molecular weight is 466 g/mol. The van der Waals surface area contributed by atoms with Crippen LogP contribution in [0.3, 0.4) is 0 Å². The Balaban J connectivity index is 0.00000196. The predicted octanol–water partition coefficient (Wildman–Crippen LogP) is 2.84. The molecule has 0 spiro atoms. The lowest BCUT2D eigenvalue weighted by molar-refractivity contribution is 0.482.